The maximum absolute atomic E-state index is 14.2. The minimum Gasteiger partial charge on any atom is -0.361 e. The molecule has 0 bridgehead atoms. The van der Waals surface area contributed by atoms with Gasteiger partial charge in [-0.3, -0.25) is 19.1 Å². The molecule has 1 fully saturated rings. The van der Waals surface area contributed by atoms with Gasteiger partial charge in [0.15, 0.2) is 12.2 Å². The summed E-state index contributed by atoms with van der Waals surface area (Å²) in [6.07, 6.45) is -2.32. The summed E-state index contributed by atoms with van der Waals surface area (Å²) in [7, 11) is 5.36. The van der Waals surface area contributed by atoms with E-state index < -0.39 is 23.2 Å². The van der Waals surface area contributed by atoms with Crippen LogP contribution in [-0.4, -0.2) is 85.3 Å². The lowest BCUT2D eigenvalue weighted by atomic mass is 10.0. The van der Waals surface area contributed by atoms with Crippen LogP contribution in [-0.2, 0) is 24.6 Å². The number of likely N-dealkylation sites (tertiary alicyclic amines) is 1. The topological polar surface area (TPSA) is 125 Å². The zero-order chi connectivity index (χ0) is 37.4. The minimum atomic E-state index is -4.66. The van der Waals surface area contributed by atoms with Gasteiger partial charge >= 0.3 is 6.18 Å². The molecule has 0 spiro atoms. The van der Waals surface area contributed by atoms with Gasteiger partial charge in [0.05, 0.1) is 49.5 Å². The van der Waals surface area contributed by atoms with Crippen molar-refractivity contribution in [1.82, 2.24) is 34.5 Å². The maximum Gasteiger partial charge on any atom is 0.416 e. The lowest BCUT2D eigenvalue weighted by Crippen LogP contribution is -2.52. The summed E-state index contributed by atoms with van der Waals surface area (Å²) in [5.74, 6) is -0.0505. The molecule has 2 amide bonds. The van der Waals surface area contributed by atoms with Gasteiger partial charge in [-0.15, -0.1) is 0 Å². The Kier molecular flexibility index (Phi) is 9.65. The number of nitrogens with zero attached hydrogens (tertiary/aromatic N) is 8. The standard InChI is InChI=1S/C36H36F3N9O4/c1-23-19-27(43-52-23)21-48(4,5)22-31(49)45-17-14-26(15-18-45)42-34(50)32-33(30-13-16-41-46(30)28-11-9-25(40-2)10-12-28)44(3)47(35(32)51)29-8-6-7-24(20-29)36(37,38)39/h6-13,16,19-20,26H,14-15,17-18,21-22H2,1,3-5H3/p+1. The van der Waals surface area contributed by atoms with Crippen LogP contribution in [0.1, 0.15) is 40.2 Å². The number of rotatable bonds is 9. The molecule has 0 atom stereocenters. The van der Waals surface area contributed by atoms with E-state index in [1.807, 2.05) is 27.1 Å². The van der Waals surface area contributed by atoms with Crippen molar-refractivity contribution < 1.29 is 31.8 Å². The van der Waals surface area contributed by atoms with Gasteiger partial charge in [0, 0.05) is 32.2 Å². The number of alkyl halides is 3. The number of carbonyl (C=O) groups is 2. The van der Waals surface area contributed by atoms with E-state index in [0.717, 1.165) is 22.5 Å². The van der Waals surface area contributed by atoms with Gasteiger partial charge in [-0.25, -0.2) is 14.2 Å². The number of carbonyl (C=O) groups excluding carboxylic acids is 2. The predicted octanol–water partition coefficient (Wildman–Crippen LogP) is 4.89. The van der Waals surface area contributed by atoms with Crippen molar-refractivity contribution in [1.29, 1.82) is 0 Å². The summed E-state index contributed by atoms with van der Waals surface area (Å²) in [5, 5.41) is 11.4. The van der Waals surface area contributed by atoms with Gasteiger partial charge in [0.25, 0.3) is 17.4 Å². The highest BCUT2D eigenvalue weighted by molar-refractivity contribution is 6.00. The number of hydrogen-bond acceptors (Lipinski definition) is 6. The summed E-state index contributed by atoms with van der Waals surface area (Å²) in [6, 6.07) is 13.9. The smallest absolute Gasteiger partial charge is 0.361 e. The molecule has 0 unspecified atom stereocenters. The van der Waals surface area contributed by atoms with E-state index in [-0.39, 0.29) is 35.4 Å². The van der Waals surface area contributed by atoms with Crippen LogP contribution in [0, 0.1) is 13.5 Å². The van der Waals surface area contributed by atoms with Crippen molar-refractivity contribution in [2.75, 3.05) is 33.7 Å². The minimum absolute atomic E-state index is 0.0398. The molecule has 1 aliphatic rings. The van der Waals surface area contributed by atoms with E-state index in [1.54, 1.807) is 35.2 Å². The number of aryl methyl sites for hydroxylation is 1. The molecule has 3 aromatic heterocycles. The van der Waals surface area contributed by atoms with E-state index in [0.29, 0.717) is 59.8 Å². The molecule has 270 valence electrons. The van der Waals surface area contributed by atoms with Crippen molar-refractivity contribution >= 4 is 17.5 Å². The zero-order valence-corrected chi connectivity index (χ0v) is 29.0. The normalized spacial score (nSPS) is 14.0. The fourth-order valence-electron chi connectivity index (χ4n) is 6.55. The average Bonchev–Trinajstić information content (AvgIpc) is 3.81. The number of nitrogens with one attached hydrogen (secondary N) is 1. The van der Waals surface area contributed by atoms with Gasteiger partial charge in [-0.05, 0) is 56.2 Å². The molecule has 1 aliphatic heterocycles. The highest BCUT2D eigenvalue weighted by Gasteiger charge is 2.34. The number of likely N-dealkylation sites (N-methyl/N-ethyl adjacent to an activating group) is 1. The van der Waals surface area contributed by atoms with Gasteiger partial charge in [-0.2, -0.15) is 18.3 Å². The first-order chi connectivity index (χ1) is 24.6. The largest absolute Gasteiger partial charge is 0.416 e. The number of quaternary nitrogens is 1. The van der Waals surface area contributed by atoms with E-state index in [9.17, 15) is 27.6 Å². The number of amides is 2. The molecular weight excluding hydrogens is 679 g/mol. The molecule has 1 N–H and O–H groups in total. The third-order valence-electron chi connectivity index (χ3n) is 9.03. The third-order valence-corrected chi connectivity index (χ3v) is 9.03. The van der Waals surface area contributed by atoms with Crippen LogP contribution in [0.25, 0.3) is 27.6 Å². The first-order valence-electron chi connectivity index (χ1n) is 16.5. The number of hydrogen-bond donors (Lipinski definition) is 1. The lowest BCUT2D eigenvalue weighted by Gasteiger charge is -2.35. The maximum atomic E-state index is 14.2. The number of benzene rings is 2. The number of halogens is 3. The fraction of sp³-hybridized carbons (Fsp3) is 0.333. The van der Waals surface area contributed by atoms with E-state index in [1.165, 1.54) is 34.7 Å². The molecule has 5 aromatic rings. The highest BCUT2D eigenvalue weighted by Crippen LogP contribution is 2.32. The Balaban J connectivity index is 1.27. The van der Waals surface area contributed by atoms with Crippen molar-refractivity contribution in [2.45, 2.75) is 38.5 Å². The predicted molar refractivity (Wildman–Crippen MR) is 184 cm³/mol. The Morgan fingerprint density at radius 1 is 1.06 bits per heavy atom. The van der Waals surface area contributed by atoms with Crippen LogP contribution in [0.3, 0.4) is 0 Å². The Bertz CT molecular complexity index is 2210. The van der Waals surface area contributed by atoms with E-state index in [2.05, 4.69) is 20.4 Å². The lowest BCUT2D eigenvalue weighted by molar-refractivity contribution is -0.896. The van der Waals surface area contributed by atoms with Crippen LogP contribution in [0.5, 0.6) is 0 Å². The molecule has 6 rings (SSSR count). The Hall–Kier alpha value is -5.95. The molecule has 52 heavy (non-hydrogen) atoms. The second-order valence-electron chi connectivity index (χ2n) is 13.5. The molecule has 16 heteroatoms. The van der Waals surface area contributed by atoms with Crippen molar-refractivity contribution in [2.24, 2.45) is 7.05 Å². The Labute approximate surface area is 296 Å². The average molecular weight is 717 g/mol. The van der Waals surface area contributed by atoms with Gasteiger partial charge in [-0.1, -0.05) is 23.4 Å². The fourth-order valence-corrected chi connectivity index (χ4v) is 6.55. The van der Waals surface area contributed by atoms with Crippen LogP contribution in [0.15, 0.2) is 76.2 Å². The van der Waals surface area contributed by atoms with Crippen LogP contribution < -0.4 is 10.9 Å². The molecule has 1 saturated heterocycles. The summed E-state index contributed by atoms with van der Waals surface area (Å²) in [4.78, 5) is 46.7. The summed E-state index contributed by atoms with van der Waals surface area (Å²) in [6.45, 7) is 10.6. The molecular formula is C36H37F3N9O4+. The molecule has 0 saturated carbocycles. The molecule has 0 radical (unpaired) electrons. The number of aromatic nitrogens is 5. The van der Waals surface area contributed by atoms with Crippen molar-refractivity contribution in [3.63, 3.8) is 0 Å². The second-order valence-corrected chi connectivity index (χ2v) is 13.5. The highest BCUT2D eigenvalue weighted by atomic mass is 19.4. The van der Waals surface area contributed by atoms with Gasteiger partial charge < -0.3 is 19.2 Å². The summed E-state index contributed by atoms with van der Waals surface area (Å²) >= 11 is 0. The van der Waals surface area contributed by atoms with Crippen LogP contribution in [0.2, 0.25) is 0 Å². The molecule has 13 nitrogen and oxygen atoms in total. The van der Waals surface area contributed by atoms with Crippen LogP contribution in [0.4, 0.5) is 18.9 Å². The number of piperidine rings is 1. The molecule has 4 heterocycles. The third kappa shape index (κ3) is 7.40. The van der Waals surface area contributed by atoms with Gasteiger partial charge in [0.2, 0.25) is 0 Å². The monoisotopic (exact) mass is 716 g/mol. The zero-order valence-electron chi connectivity index (χ0n) is 29.0. The van der Waals surface area contributed by atoms with Crippen LogP contribution >= 0.6 is 0 Å². The molecule has 2 aromatic carbocycles. The van der Waals surface area contributed by atoms with E-state index in [4.69, 9.17) is 11.1 Å². The molecule has 0 aliphatic carbocycles. The van der Waals surface area contributed by atoms with E-state index >= 15 is 0 Å². The Morgan fingerprint density at radius 2 is 1.77 bits per heavy atom. The SMILES string of the molecule is [C-]#[N+]c1ccc(-n2nccc2-c2c(C(=O)NC3CCN(C(=O)C[N+](C)(C)Cc4cc(C)on4)CC3)c(=O)n(-c3cccc(C(F)(F)F)c3)n2C)cc1. The summed E-state index contributed by atoms with van der Waals surface area (Å²) < 4.78 is 50.5. The van der Waals surface area contributed by atoms with Gasteiger partial charge in [0.1, 0.15) is 29.3 Å². The first kappa shape index (κ1) is 35.9. The van der Waals surface area contributed by atoms with Crippen molar-refractivity contribution in [3.05, 3.63) is 111 Å². The summed E-state index contributed by atoms with van der Waals surface area (Å²) in [5.41, 5.74) is 0.0141. The quantitative estimate of drug-likeness (QED) is 0.171. The van der Waals surface area contributed by atoms with Crippen molar-refractivity contribution in [3.8, 4) is 22.8 Å². The second kappa shape index (κ2) is 14.0. The first-order valence-corrected chi connectivity index (χ1v) is 16.5. The Morgan fingerprint density at radius 3 is 2.40 bits per heavy atom.